The van der Waals surface area contributed by atoms with Gasteiger partial charge in [0.15, 0.2) is 0 Å². The van der Waals surface area contributed by atoms with Gasteiger partial charge in [-0.25, -0.2) is 0 Å². The molecule has 5 heteroatoms. The van der Waals surface area contributed by atoms with E-state index in [0.717, 1.165) is 0 Å². The van der Waals surface area contributed by atoms with E-state index >= 15 is 0 Å². The Bertz CT molecular complexity index is 131. The number of rotatable bonds is 10. The first-order valence-electron chi connectivity index (χ1n) is 5.06. The Morgan fingerprint density at radius 1 is 1.07 bits per heavy atom. The maximum atomic E-state index is 8.84. The maximum Gasteiger partial charge on any atom is 0.146 e. The standard InChI is InChI=1S/C10H22O5/c1-9(14-7-12-2)6-10(4-5-11)15-8-13-3/h9-11H,4-8H2,1-3H3/t9-,10+/m0/s1. The molecule has 0 aliphatic carbocycles. The van der Waals surface area contributed by atoms with Crippen molar-refractivity contribution in [2.75, 3.05) is 34.4 Å². The zero-order valence-electron chi connectivity index (χ0n) is 9.77. The number of aliphatic hydroxyl groups is 1. The molecule has 92 valence electrons. The molecule has 0 aromatic heterocycles. The van der Waals surface area contributed by atoms with Crippen molar-refractivity contribution in [1.29, 1.82) is 0 Å². The number of methoxy groups -OCH3 is 2. The van der Waals surface area contributed by atoms with Crippen LogP contribution in [0.15, 0.2) is 0 Å². The predicted octanol–water partition coefficient (Wildman–Crippen LogP) is 0.757. The Morgan fingerprint density at radius 2 is 1.67 bits per heavy atom. The fourth-order valence-electron chi connectivity index (χ4n) is 1.20. The highest BCUT2D eigenvalue weighted by molar-refractivity contribution is 4.62. The number of ether oxygens (including phenoxy) is 4. The summed E-state index contributed by atoms with van der Waals surface area (Å²) in [5.74, 6) is 0. The van der Waals surface area contributed by atoms with Crippen LogP contribution in [-0.2, 0) is 18.9 Å². The van der Waals surface area contributed by atoms with Crippen LogP contribution >= 0.6 is 0 Å². The molecule has 0 spiro atoms. The third-order valence-corrected chi connectivity index (χ3v) is 1.94. The lowest BCUT2D eigenvalue weighted by atomic mass is 10.1. The predicted molar refractivity (Wildman–Crippen MR) is 55.5 cm³/mol. The highest BCUT2D eigenvalue weighted by Crippen LogP contribution is 2.09. The van der Waals surface area contributed by atoms with Crippen LogP contribution in [0.25, 0.3) is 0 Å². The molecule has 0 aliphatic rings. The summed E-state index contributed by atoms with van der Waals surface area (Å²) in [7, 11) is 3.15. The summed E-state index contributed by atoms with van der Waals surface area (Å²) in [6.07, 6.45) is 1.30. The Morgan fingerprint density at radius 3 is 2.20 bits per heavy atom. The van der Waals surface area contributed by atoms with Gasteiger partial charge in [0.25, 0.3) is 0 Å². The minimum atomic E-state index is -0.0400. The van der Waals surface area contributed by atoms with Crippen LogP contribution in [0.4, 0.5) is 0 Å². The van der Waals surface area contributed by atoms with Crippen molar-refractivity contribution in [3.63, 3.8) is 0 Å². The van der Waals surface area contributed by atoms with Gasteiger partial charge in [-0.2, -0.15) is 0 Å². The van der Waals surface area contributed by atoms with Crippen LogP contribution in [-0.4, -0.2) is 51.7 Å². The second-order valence-electron chi connectivity index (χ2n) is 3.33. The van der Waals surface area contributed by atoms with Crippen LogP contribution in [0.1, 0.15) is 19.8 Å². The second kappa shape index (κ2) is 10.3. The molecule has 2 atom stereocenters. The first kappa shape index (κ1) is 14.8. The van der Waals surface area contributed by atoms with Crippen molar-refractivity contribution in [3.8, 4) is 0 Å². The number of aliphatic hydroxyl groups excluding tert-OH is 1. The van der Waals surface area contributed by atoms with Crippen LogP contribution in [0, 0.1) is 0 Å². The second-order valence-corrected chi connectivity index (χ2v) is 3.33. The molecule has 0 unspecified atom stereocenters. The molecule has 0 aromatic carbocycles. The lowest BCUT2D eigenvalue weighted by Gasteiger charge is -2.20. The summed E-state index contributed by atoms with van der Waals surface area (Å²) in [6.45, 7) is 2.56. The lowest BCUT2D eigenvalue weighted by Crippen LogP contribution is -2.23. The SMILES string of the molecule is COCO[C@H](CCO)C[C@H](C)OCOC. The van der Waals surface area contributed by atoms with Gasteiger partial charge >= 0.3 is 0 Å². The molecule has 5 nitrogen and oxygen atoms in total. The van der Waals surface area contributed by atoms with Gasteiger partial charge in [-0.3, -0.25) is 0 Å². The third-order valence-electron chi connectivity index (χ3n) is 1.94. The zero-order valence-corrected chi connectivity index (χ0v) is 9.77. The van der Waals surface area contributed by atoms with Crippen LogP contribution in [0.3, 0.4) is 0 Å². The summed E-state index contributed by atoms with van der Waals surface area (Å²) in [5, 5.41) is 8.84. The molecule has 0 fully saturated rings. The van der Waals surface area contributed by atoms with E-state index in [9.17, 15) is 0 Å². The zero-order chi connectivity index (χ0) is 11.5. The van der Waals surface area contributed by atoms with E-state index in [1.54, 1.807) is 14.2 Å². The minimum Gasteiger partial charge on any atom is -0.396 e. The van der Waals surface area contributed by atoms with Gasteiger partial charge in [0.1, 0.15) is 13.6 Å². The third kappa shape index (κ3) is 8.77. The molecule has 0 bridgehead atoms. The van der Waals surface area contributed by atoms with Crippen LogP contribution in [0.5, 0.6) is 0 Å². The van der Waals surface area contributed by atoms with E-state index in [1.807, 2.05) is 6.92 Å². The molecular formula is C10H22O5. The first-order chi connectivity index (χ1) is 7.24. The quantitative estimate of drug-likeness (QED) is 0.553. The van der Waals surface area contributed by atoms with Crippen molar-refractivity contribution < 1.29 is 24.1 Å². The smallest absolute Gasteiger partial charge is 0.146 e. The van der Waals surface area contributed by atoms with Gasteiger partial charge in [-0.1, -0.05) is 0 Å². The Balaban J connectivity index is 3.70. The molecule has 0 saturated heterocycles. The summed E-state index contributed by atoms with van der Waals surface area (Å²) in [6, 6.07) is 0. The van der Waals surface area contributed by atoms with Crippen LogP contribution in [0.2, 0.25) is 0 Å². The number of hydrogen-bond donors (Lipinski definition) is 1. The molecule has 15 heavy (non-hydrogen) atoms. The van der Waals surface area contributed by atoms with Gasteiger partial charge in [-0.15, -0.1) is 0 Å². The van der Waals surface area contributed by atoms with Gasteiger partial charge in [-0.05, 0) is 19.8 Å². The lowest BCUT2D eigenvalue weighted by molar-refractivity contribution is -0.113. The maximum absolute atomic E-state index is 8.84. The minimum absolute atomic E-state index is 0.0400. The van der Waals surface area contributed by atoms with E-state index in [1.165, 1.54) is 0 Å². The van der Waals surface area contributed by atoms with Crippen molar-refractivity contribution in [2.45, 2.75) is 32.0 Å². The molecule has 0 aliphatic heterocycles. The normalized spacial score (nSPS) is 15.2. The van der Waals surface area contributed by atoms with Crippen molar-refractivity contribution in [1.82, 2.24) is 0 Å². The summed E-state index contributed by atoms with van der Waals surface area (Å²) in [5.41, 5.74) is 0. The van der Waals surface area contributed by atoms with Gasteiger partial charge in [0.2, 0.25) is 0 Å². The van der Waals surface area contributed by atoms with Gasteiger partial charge < -0.3 is 24.1 Å². The van der Waals surface area contributed by atoms with Crippen molar-refractivity contribution >= 4 is 0 Å². The first-order valence-corrected chi connectivity index (χ1v) is 5.06. The largest absolute Gasteiger partial charge is 0.396 e. The van der Waals surface area contributed by atoms with Crippen molar-refractivity contribution in [2.24, 2.45) is 0 Å². The Hall–Kier alpha value is -0.200. The Labute approximate surface area is 91.3 Å². The molecular weight excluding hydrogens is 200 g/mol. The fraction of sp³-hybridized carbons (Fsp3) is 1.00. The fourth-order valence-corrected chi connectivity index (χ4v) is 1.20. The van der Waals surface area contributed by atoms with Crippen LogP contribution < -0.4 is 0 Å². The van der Waals surface area contributed by atoms with E-state index in [4.69, 9.17) is 24.1 Å². The Kier molecular flexibility index (Phi) is 10.2. The summed E-state index contributed by atoms with van der Waals surface area (Å²) in [4.78, 5) is 0. The highest BCUT2D eigenvalue weighted by atomic mass is 16.7. The average molecular weight is 222 g/mol. The van der Waals surface area contributed by atoms with Gasteiger partial charge in [0.05, 0.1) is 12.2 Å². The summed E-state index contributed by atoms with van der Waals surface area (Å²) < 4.78 is 20.3. The highest BCUT2D eigenvalue weighted by Gasteiger charge is 2.13. The van der Waals surface area contributed by atoms with Crippen molar-refractivity contribution in [3.05, 3.63) is 0 Å². The molecule has 0 amide bonds. The number of hydrogen-bond acceptors (Lipinski definition) is 5. The van der Waals surface area contributed by atoms with E-state index in [-0.39, 0.29) is 32.4 Å². The summed E-state index contributed by atoms with van der Waals surface area (Å²) >= 11 is 0. The van der Waals surface area contributed by atoms with E-state index < -0.39 is 0 Å². The molecule has 0 radical (unpaired) electrons. The molecule has 0 aromatic rings. The molecule has 0 saturated carbocycles. The van der Waals surface area contributed by atoms with E-state index in [2.05, 4.69) is 0 Å². The van der Waals surface area contributed by atoms with E-state index in [0.29, 0.717) is 12.8 Å². The molecule has 1 N–H and O–H groups in total. The van der Waals surface area contributed by atoms with Gasteiger partial charge in [0, 0.05) is 20.8 Å². The topological polar surface area (TPSA) is 57.2 Å². The monoisotopic (exact) mass is 222 g/mol. The average Bonchev–Trinajstić information content (AvgIpc) is 2.23. The molecule has 0 heterocycles. The molecule has 0 rings (SSSR count).